The second-order valence-corrected chi connectivity index (χ2v) is 12.5. The van der Waals surface area contributed by atoms with Gasteiger partial charge >= 0.3 is 0 Å². The maximum atomic E-state index is 13.8. The maximum absolute atomic E-state index is 13.8. The summed E-state index contributed by atoms with van der Waals surface area (Å²) < 4.78 is 39.8. The smallest absolute Gasteiger partial charge is 0.184 e. The number of hydrogen-bond donors (Lipinski definition) is 2. The van der Waals surface area contributed by atoms with Crippen LogP contribution in [0.3, 0.4) is 0 Å². The van der Waals surface area contributed by atoms with Crippen molar-refractivity contribution in [1.82, 2.24) is 10.6 Å². The molecule has 192 valence electrons. The van der Waals surface area contributed by atoms with E-state index in [-0.39, 0.29) is 24.8 Å². The van der Waals surface area contributed by atoms with Crippen molar-refractivity contribution in [3.63, 3.8) is 0 Å². The Hall–Kier alpha value is -2.28. The van der Waals surface area contributed by atoms with E-state index in [1.165, 1.54) is 16.3 Å². The van der Waals surface area contributed by atoms with Crippen molar-refractivity contribution in [1.29, 1.82) is 0 Å². The zero-order valence-corrected chi connectivity index (χ0v) is 21.7. The second kappa shape index (κ2) is 11.4. The first-order valence-electron chi connectivity index (χ1n) is 13.4. The minimum absolute atomic E-state index is 0.00176. The van der Waals surface area contributed by atoms with Gasteiger partial charge in [0.05, 0.1) is 16.8 Å². The van der Waals surface area contributed by atoms with Crippen LogP contribution in [0.2, 0.25) is 0 Å². The number of sulfone groups is 1. The van der Waals surface area contributed by atoms with E-state index in [4.69, 9.17) is 0 Å². The first kappa shape index (κ1) is 25.4. The summed E-state index contributed by atoms with van der Waals surface area (Å²) in [5.74, 6) is 0. The predicted molar refractivity (Wildman–Crippen MR) is 145 cm³/mol. The lowest BCUT2D eigenvalue weighted by molar-refractivity contribution is 0.409. The van der Waals surface area contributed by atoms with Crippen LogP contribution in [0.4, 0.5) is 4.39 Å². The molecule has 3 aromatic carbocycles. The van der Waals surface area contributed by atoms with Crippen LogP contribution in [-0.2, 0) is 22.8 Å². The van der Waals surface area contributed by atoms with Gasteiger partial charge in [-0.1, -0.05) is 67.8 Å². The lowest BCUT2D eigenvalue weighted by Gasteiger charge is -2.30. The summed E-state index contributed by atoms with van der Waals surface area (Å²) in [7, 11) is -3.47. The molecule has 2 saturated heterocycles. The van der Waals surface area contributed by atoms with Gasteiger partial charge in [0, 0.05) is 24.7 Å². The molecule has 0 radical (unpaired) electrons. The van der Waals surface area contributed by atoms with Crippen molar-refractivity contribution in [3.05, 3.63) is 77.9 Å². The van der Waals surface area contributed by atoms with Crippen molar-refractivity contribution < 1.29 is 12.8 Å². The minimum Gasteiger partial charge on any atom is -0.308 e. The van der Waals surface area contributed by atoms with E-state index >= 15 is 0 Å². The third-order valence-electron chi connectivity index (χ3n) is 7.97. The molecule has 0 aromatic heterocycles. The van der Waals surface area contributed by atoms with E-state index in [0.717, 1.165) is 50.5 Å². The molecule has 0 unspecified atom stereocenters. The first-order chi connectivity index (χ1) is 17.6. The van der Waals surface area contributed by atoms with Gasteiger partial charge in [0.2, 0.25) is 0 Å². The predicted octanol–water partition coefficient (Wildman–Crippen LogP) is 5.74. The van der Waals surface area contributed by atoms with Gasteiger partial charge in [0.1, 0.15) is 0 Å². The van der Waals surface area contributed by atoms with Crippen LogP contribution in [0, 0.1) is 0 Å². The lowest BCUT2D eigenvalue weighted by Crippen LogP contribution is -2.50. The maximum Gasteiger partial charge on any atom is 0.184 e. The molecule has 4 atom stereocenters. The SMILES string of the molecule is O=S(=O)(c1ccc(CCCCCCCF)cc1)[C@@H]1[C@@H](NCc2ccc3ccccc3c2)[C@@H]2CC[C@H]1N2. The number of hydrogen-bond acceptors (Lipinski definition) is 4. The molecule has 2 heterocycles. The van der Waals surface area contributed by atoms with Crippen LogP contribution in [0.1, 0.15) is 56.1 Å². The average Bonchev–Trinajstić information content (AvgIpc) is 3.52. The number of benzene rings is 3. The van der Waals surface area contributed by atoms with Crippen LogP contribution in [0.25, 0.3) is 10.8 Å². The third-order valence-corrected chi connectivity index (χ3v) is 10.2. The zero-order valence-electron chi connectivity index (χ0n) is 20.8. The monoisotopic (exact) mass is 508 g/mol. The quantitative estimate of drug-likeness (QED) is 0.307. The molecule has 0 amide bonds. The molecule has 5 rings (SSSR count). The summed E-state index contributed by atoms with van der Waals surface area (Å²) in [6.07, 6.45) is 7.64. The Morgan fingerprint density at radius 2 is 1.50 bits per heavy atom. The third kappa shape index (κ3) is 5.51. The van der Waals surface area contributed by atoms with E-state index in [1.807, 2.05) is 24.3 Å². The summed E-state index contributed by atoms with van der Waals surface area (Å²) >= 11 is 0. The van der Waals surface area contributed by atoms with E-state index in [2.05, 4.69) is 41.0 Å². The van der Waals surface area contributed by atoms with Gasteiger partial charge in [-0.15, -0.1) is 0 Å². The number of nitrogens with one attached hydrogen (secondary N) is 2. The zero-order chi connectivity index (χ0) is 25.0. The Bertz CT molecular complexity index is 1260. The molecule has 2 N–H and O–H groups in total. The molecule has 36 heavy (non-hydrogen) atoms. The van der Waals surface area contributed by atoms with Gasteiger partial charge in [-0.3, -0.25) is 4.39 Å². The Labute approximate surface area is 214 Å². The van der Waals surface area contributed by atoms with Crippen LogP contribution in [0.5, 0.6) is 0 Å². The summed E-state index contributed by atoms with van der Waals surface area (Å²) in [6.45, 7) is 0.421. The molecule has 2 bridgehead atoms. The van der Waals surface area contributed by atoms with Gasteiger partial charge in [0.25, 0.3) is 0 Å². The number of alkyl halides is 1. The van der Waals surface area contributed by atoms with E-state index < -0.39 is 15.1 Å². The highest BCUT2D eigenvalue weighted by Gasteiger charge is 2.53. The molecule has 6 heteroatoms. The Balaban J connectivity index is 1.24. The van der Waals surface area contributed by atoms with Crippen LogP contribution in [0.15, 0.2) is 71.6 Å². The number of unbranched alkanes of at least 4 members (excludes halogenated alkanes) is 4. The van der Waals surface area contributed by atoms with Crippen LogP contribution >= 0.6 is 0 Å². The van der Waals surface area contributed by atoms with Gasteiger partial charge < -0.3 is 10.6 Å². The normalized spacial score (nSPS) is 23.5. The average molecular weight is 509 g/mol. The van der Waals surface area contributed by atoms with Crippen molar-refractivity contribution in [3.8, 4) is 0 Å². The van der Waals surface area contributed by atoms with Crippen molar-refractivity contribution in [2.75, 3.05) is 6.67 Å². The molecule has 0 aliphatic carbocycles. The van der Waals surface area contributed by atoms with Crippen molar-refractivity contribution in [2.24, 2.45) is 0 Å². The molecule has 4 nitrogen and oxygen atoms in total. The van der Waals surface area contributed by atoms with Crippen molar-refractivity contribution in [2.45, 2.75) is 86.2 Å². The van der Waals surface area contributed by atoms with Gasteiger partial charge in [-0.25, -0.2) is 8.42 Å². The number of fused-ring (bicyclic) bond motifs is 3. The minimum atomic E-state index is -3.47. The molecule has 0 spiro atoms. The van der Waals surface area contributed by atoms with E-state index in [0.29, 0.717) is 17.9 Å². The highest BCUT2D eigenvalue weighted by Crippen LogP contribution is 2.36. The molecule has 2 aliphatic heterocycles. The molecule has 2 aliphatic rings. The number of halogens is 1. The fraction of sp³-hybridized carbons (Fsp3) is 0.467. The number of aryl methyl sites for hydroxylation is 1. The van der Waals surface area contributed by atoms with Gasteiger partial charge in [-0.2, -0.15) is 0 Å². The summed E-state index contributed by atoms with van der Waals surface area (Å²) in [5.41, 5.74) is 2.33. The van der Waals surface area contributed by atoms with Gasteiger partial charge in [-0.05, 0) is 72.2 Å². The highest BCUT2D eigenvalue weighted by atomic mass is 32.2. The van der Waals surface area contributed by atoms with Crippen molar-refractivity contribution >= 4 is 20.6 Å². The van der Waals surface area contributed by atoms with E-state index in [1.54, 1.807) is 12.1 Å². The lowest BCUT2D eigenvalue weighted by atomic mass is 9.94. The Morgan fingerprint density at radius 3 is 2.31 bits per heavy atom. The molecular formula is C30H37FN2O2S. The second-order valence-electron chi connectivity index (χ2n) is 10.4. The standard InChI is InChI=1S/C30H37FN2O2S/c31-19-7-3-1-2-4-8-22-12-15-26(16-13-22)36(34,35)30-28-18-17-27(33-28)29(30)32-21-23-11-14-24-9-5-6-10-25(24)20-23/h5-6,9-16,20,27-30,32-33H,1-4,7-8,17-19,21H2/t27-,28+,29-,30-/m0/s1. The molecular weight excluding hydrogens is 471 g/mol. The Kier molecular flexibility index (Phi) is 8.04. The number of rotatable bonds is 12. The molecule has 3 aromatic rings. The van der Waals surface area contributed by atoms with Crippen LogP contribution in [-0.4, -0.2) is 38.5 Å². The summed E-state index contributed by atoms with van der Waals surface area (Å²) in [4.78, 5) is 0.422. The first-order valence-corrected chi connectivity index (χ1v) is 15.0. The summed E-state index contributed by atoms with van der Waals surface area (Å²) in [5, 5.41) is 9.13. The van der Waals surface area contributed by atoms with Crippen LogP contribution < -0.4 is 10.6 Å². The fourth-order valence-corrected chi connectivity index (χ4v) is 8.18. The molecule has 2 fully saturated rings. The van der Waals surface area contributed by atoms with Gasteiger partial charge in [0.15, 0.2) is 9.84 Å². The summed E-state index contributed by atoms with van der Waals surface area (Å²) in [6, 6.07) is 22.3. The van der Waals surface area contributed by atoms with E-state index in [9.17, 15) is 12.8 Å². The highest BCUT2D eigenvalue weighted by molar-refractivity contribution is 7.92. The molecule has 0 saturated carbocycles. The largest absolute Gasteiger partial charge is 0.308 e. The Morgan fingerprint density at radius 1 is 0.806 bits per heavy atom. The topological polar surface area (TPSA) is 58.2 Å². The fourth-order valence-electron chi connectivity index (χ4n) is 6.03.